The second-order valence-electron chi connectivity index (χ2n) is 2.69. The summed E-state index contributed by atoms with van der Waals surface area (Å²) in [5, 5.41) is 17.0. The van der Waals surface area contributed by atoms with E-state index in [1.807, 2.05) is 13.0 Å². The number of aliphatic carboxylic acids is 2. The Morgan fingerprint density at radius 2 is 1.77 bits per heavy atom. The minimum Gasteiger partial charge on any atom is -0.481 e. The maximum absolute atomic E-state index is 10.4. The third kappa shape index (κ3) is 5.00. The van der Waals surface area contributed by atoms with Crippen LogP contribution >= 0.6 is 0 Å². The molecule has 2 N–H and O–H groups in total. The first-order valence-electron chi connectivity index (χ1n) is 4.20. The molecule has 0 aromatic carbocycles. The molecule has 4 nitrogen and oxygen atoms in total. The summed E-state index contributed by atoms with van der Waals surface area (Å²) in [5.41, 5.74) is 0. The predicted octanol–water partition coefficient (Wildman–Crippen LogP) is 1.52. The van der Waals surface area contributed by atoms with E-state index in [4.69, 9.17) is 10.2 Å². The molecule has 0 radical (unpaired) electrons. The van der Waals surface area contributed by atoms with Crippen molar-refractivity contribution in [2.24, 2.45) is 5.92 Å². The Kier molecular flexibility index (Phi) is 5.59. The van der Waals surface area contributed by atoms with Crippen LogP contribution in [0.25, 0.3) is 0 Å². The van der Waals surface area contributed by atoms with Gasteiger partial charge in [0.2, 0.25) is 0 Å². The Balaban J connectivity index is 3.91. The van der Waals surface area contributed by atoms with Crippen molar-refractivity contribution in [1.82, 2.24) is 0 Å². The number of carbonyl (C=O) groups is 2. The fourth-order valence-electron chi connectivity index (χ4n) is 0.900. The van der Waals surface area contributed by atoms with Crippen molar-refractivity contribution >= 4 is 11.9 Å². The van der Waals surface area contributed by atoms with Gasteiger partial charge in [0.25, 0.3) is 0 Å². The standard InChI is InChI=1S/C9H14O4/c1-2-3-4-5-6-7(8(10)11)9(12)13/h3-4,7H,2,5-6H2,1H3,(H,10,11)(H,12,13). The SMILES string of the molecule is CCC=CCCC(C(=O)O)C(=O)O. The zero-order chi connectivity index (χ0) is 10.3. The lowest BCUT2D eigenvalue weighted by atomic mass is 10.0. The van der Waals surface area contributed by atoms with E-state index >= 15 is 0 Å². The van der Waals surface area contributed by atoms with Gasteiger partial charge in [-0.2, -0.15) is 0 Å². The molecule has 0 unspecified atom stereocenters. The lowest BCUT2D eigenvalue weighted by molar-refractivity contribution is -0.154. The van der Waals surface area contributed by atoms with Crippen LogP contribution in [0.1, 0.15) is 26.2 Å². The third-order valence-electron chi connectivity index (χ3n) is 1.62. The molecule has 0 bridgehead atoms. The molecular formula is C9H14O4. The van der Waals surface area contributed by atoms with Crippen molar-refractivity contribution in [1.29, 1.82) is 0 Å². The number of hydrogen-bond acceptors (Lipinski definition) is 2. The topological polar surface area (TPSA) is 74.6 Å². The molecule has 0 rings (SSSR count). The quantitative estimate of drug-likeness (QED) is 0.487. The van der Waals surface area contributed by atoms with Gasteiger partial charge >= 0.3 is 11.9 Å². The van der Waals surface area contributed by atoms with Crippen molar-refractivity contribution in [3.63, 3.8) is 0 Å². The second-order valence-corrected chi connectivity index (χ2v) is 2.69. The van der Waals surface area contributed by atoms with Crippen molar-refractivity contribution in [2.45, 2.75) is 26.2 Å². The molecule has 0 aliphatic carbocycles. The smallest absolute Gasteiger partial charge is 0.317 e. The second kappa shape index (κ2) is 6.22. The van der Waals surface area contributed by atoms with Gasteiger partial charge in [-0.3, -0.25) is 9.59 Å². The molecule has 0 aromatic rings. The minimum atomic E-state index is -1.28. The van der Waals surface area contributed by atoms with Gasteiger partial charge in [0.05, 0.1) is 0 Å². The van der Waals surface area contributed by atoms with E-state index in [-0.39, 0.29) is 6.42 Å². The van der Waals surface area contributed by atoms with Crippen molar-refractivity contribution < 1.29 is 19.8 Å². The largest absolute Gasteiger partial charge is 0.481 e. The van der Waals surface area contributed by atoms with E-state index in [0.29, 0.717) is 6.42 Å². The molecule has 0 aliphatic heterocycles. The van der Waals surface area contributed by atoms with E-state index in [0.717, 1.165) is 6.42 Å². The van der Waals surface area contributed by atoms with Crippen LogP contribution < -0.4 is 0 Å². The molecule has 0 atom stereocenters. The van der Waals surface area contributed by atoms with Gasteiger partial charge < -0.3 is 10.2 Å². The Bertz CT molecular complexity index is 194. The van der Waals surface area contributed by atoms with E-state index in [2.05, 4.69) is 0 Å². The van der Waals surface area contributed by atoms with E-state index < -0.39 is 17.9 Å². The maximum Gasteiger partial charge on any atom is 0.317 e. The predicted molar refractivity (Wildman–Crippen MR) is 47.4 cm³/mol. The van der Waals surface area contributed by atoms with Crippen LogP contribution in [0.2, 0.25) is 0 Å². The van der Waals surface area contributed by atoms with Crippen LogP contribution in [-0.2, 0) is 9.59 Å². The van der Waals surface area contributed by atoms with E-state index in [1.54, 1.807) is 6.08 Å². The van der Waals surface area contributed by atoms with Gasteiger partial charge in [0.15, 0.2) is 5.92 Å². The summed E-state index contributed by atoms with van der Waals surface area (Å²) >= 11 is 0. The van der Waals surface area contributed by atoms with Crippen LogP contribution in [0.4, 0.5) is 0 Å². The summed E-state index contributed by atoms with van der Waals surface area (Å²) in [6.45, 7) is 1.96. The van der Waals surface area contributed by atoms with Crippen molar-refractivity contribution in [3.05, 3.63) is 12.2 Å². The molecule has 0 saturated heterocycles. The van der Waals surface area contributed by atoms with Gasteiger partial charge in [0, 0.05) is 0 Å². The van der Waals surface area contributed by atoms with E-state index in [1.165, 1.54) is 0 Å². The first kappa shape index (κ1) is 11.7. The molecule has 74 valence electrons. The fraction of sp³-hybridized carbons (Fsp3) is 0.556. The van der Waals surface area contributed by atoms with Gasteiger partial charge in [0.1, 0.15) is 0 Å². The van der Waals surface area contributed by atoms with Crippen LogP contribution in [0.5, 0.6) is 0 Å². The Hall–Kier alpha value is -1.32. The van der Waals surface area contributed by atoms with Crippen molar-refractivity contribution in [3.8, 4) is 0 Å². The lowest BCUT2D eigenvalue weighted by Gasteiger charge is -2.03. The number of rotatable bonds is 6. The molecule has 0 aromatic heterocycles. The summed E-state index contributed by atoms with van der Waals surface area (Å²) in [7, 11) is 0. The average Bonchev–Trinajstić information content (AvgIpc) is 2.02. The zero-order valence-electron chi connectivity index (χ0n) is 7.56. The first-order valence-corrected chi connectivity index (χ1v) is 4.20. The number of allylic oxidation sites excluding steroid dienone is 2. The molecule has 0 aliphatic rings. The highest BCUT2D eigenvalue weighted by Gasteiger charge is 2.24. The van der Waals surface area contributed by atoms with Gasteiger partial charge in [-0.05, 0) is 19.3 Å². The normalized spacial score (nSPS) is 10.9. The molecule has 0 spiro atoms. The summed E-state index contributed by atoms with van der Waals surface area (Å²) in [6.07, 6.45) is 5.22. The van der Waals surface area contributed by atoms with Crippen LogP contribution in [0.15, 0.2) is 12.2 Å². The summed E-state index contributed by atoms with van der Waals surface area (Å²) in [6, 6.07) is 0. The third-order valence-corrected chi connectivity index (χ3v) is 1.62. The molecule has 13 heavy (non-hydrogen) atoms. The summed E-state index contributed by atoms with van der Waals surface area (Å²) < 4.78 is 0. The first-order chi connectivity index (χ1) is 6.09. The number of carboxylic acid groups (broad SMARTS) is 2. The molecule has 4 heteroatoms. The highest BCUT2D eigenvalue weighted by atomic mass is 16.4. The monoisotopic (exact) mass is 186 g/mol. The maximum atomic E-state index is 10.4. The van der Waals surface area contributed by atoms with E-state index in [9.17, 15) is 9.59 Å². The van der Waals surface area contributed by atoms with Crippen LogP contribution in [0, 0.1) is 5.92 Å². The van der Waals surface area contributed by atoms with Crippen molar-refractivity contribution in [2.75, 3.05) is 0 Å². The zero-order valence-corrected chi connectivity index (χ0v) is 7.56. The highest BCUT2D eigenvalue weighted by molar-refractivity contribution is 5.92. The summed E-state index contributed by atoms with van der Waals surface area (Å²) in [4.78, 5) is 20.8. The number of hydrogen-bond donors (Lipinski definition) is 2. The number of carboxylic acids is 2. The average molecular weight is 186 g/mol. The molecule has 0 saturated carbocycles. The van der Waals surface area contributed by atoms with Gasteiger partial charge in [-0.25, -0.2) is 0 Å². The molecular weight excluding hydrogens is 172 g/mol. The van der Waals surface area contributed by atoms with Crippen LogP contribution in [-0.4, -0.2) is 22.2 Å². The molecule has 0 amide bonds. The Morgan fingerprint density at radius 3 is 2.15 bits per heavy atom. The highest BCUT2D eigenvalue weighted by Crippen LogP contribution is 2.07. The van der Waals surface area contributed by atoms with Gasteiger partial charge in [-0.15, -0.1) is 0 Å². The molecule has 0 heterocycles. The van der Waals surface area contributed by atoms with Crippen LogP contribution in [0.3, 0.4) is 0 Å². The summed E-state index contributed by atoms with van der Waals surface area (Å²) in [5.74, 6) is -3.81. The minimum absolute atomic E-state index is 0.154. The fourth-order valence-corrected chi connectivity index (χ4v) is 0.900. The lowest BCUT2D eigenvalue weighted by Crippen LogP contribution is -2.22. The Labute approximate surface area is 76.9 Å². The molecule has 0 fully saturated rings. The Morgan fingerprint density at radius 1 is 1.23 bits per heavy atom. The van der Waals surface area contributed by atoms with Gasteiger partial charge in [-0.1, -0.05) is 19.1 Å².